The van der Waals surface area contributed by atoms with Crippen LogP contribution in [-0.2, 0) is 10.0 Å². The Morgan fingerprint density at radius 2 is 1.95 bits per heavy atom. The molecule has 1 aromatic rings. The first-order chi connectivity index (χ1) is 8.86. The van der Waals surface area contributed by atoms with Crippen molar-refractivity contribution in [2.24, 2.45) is 5.92 Å². The second-order valence-corrected chi connectivity index (χ2v) is 7.22. The molecule has 1 aliphatic heterocycles. The van der Waals surface area contributed by atoms with Crippen LogP contribution in [0.3, 0.4) is 0 Å². The lowest BCUT2D eigenvalue weighted by Crippen LogP contribution is -2.30. The van der Waals surface area contributed by atoms with Crippen LogP contribution in [0.15, 0.2) is 17.0 Å². The molecule has 1 fully saturated rings. The fourth-order valence-corrected chi connectivity index (χ4v) is 4.77. The van der Waals surface area contributed by atoms with Crippen molar-refractivity contribution >= 4 is 21.6 Å². The predicted molar refractivity (Wildman–Crippen MR) is 73.5 cm³/mol. The van der Waals surface area contributed by atoms with E-state index in [-0.39, 0.29) is 10.8 Å². The summed E-state index contributed by atoms with van der Waals surface area (Å²) in [5, 5.41) is 0. The summed E-state index contributed by atoms with van der Waals surface area (Å²) in [6.07, 6.45) is 0.780. The van der Waals surface area contributed by atoms with Gasteiger partial charge in [-0.05, 0) is 49.4 Å². The van der Waals surface area contributed by atoms with E-state index in [0.29, 0.717) is 30.1 Å². The highest BCUT2D eigenvalue weighted by atomic mass is 35.5. The molecular weight excluding hydrogens is 289 g/mol. The zero-order valence-corrected chi connectivity index (χ0v) is 12.6. The molecule has 0 aliphatic carbocycles. The van der Waals surface area contributed by atoms with E-state index >= 15 is 0 Å². The minimum Gasteiger partial charge on any atom is -0.207 e. The SMILES string of the molecule is Cc1cc(F)cc(C)c1S(=O)(=O)N1CCC(CCl)C1. The molecule has 1 unspecified atom stereocenters. The average molecular weight is 306 g/mol. The molecule has 0 radical (unpaired) electrons. The molecule has 0 spiro atoms. The first kappa shape index (κ1) is 14.8. The Kier molecular flexibility index (Phi) is 4.18. The Morgan fingerprint density at radius 3 is 2.42 bits per heavy atom. The van der Waals surface area contributed by atoms with Crippen LogP contribution < -0.4 is 0 Å². The van der Waals surface area contributed by atoms with Gasteiger partial charge < -0.3 is 0 Å². The van der Waals surface area contributed by atoms with Crippen molar-refractivity contribution < 1.29 is 12.8 Å². The number of alkyl halides is 1. The Morgan fingerprint density at radius 1 is 1.37 bits per heavy atom. The van der Waals surface area contributed by atoms with Gasteiger partial charge in [-0.15, -0.1) is 11.6 Å². The van der Waals surface area contributed by atoms with E-state index in [4.69, 9.17) is 11.6 Å². The molecule has 3 nitrogen and oxygen atoms in total. The van der Waals surface area contributed by atoms with Crippen molar-refractivity contribution in [1.29, 1.82) is 0 Å². The van der Waals surface area contributed by atoms with Crippen LogP contribution >= 0.6 is 11.6 Å². The number of nitrogens with zero attached hydrogens (tertiary/aromatic N) is 1. The molecule has 1 aromatic carbocycles. The largest absolute Gasteiger partial charge is 0.243 e. The van der Waals surface area contributed by atoms with Gasteiger partial charge in [0.05, 0.1) is 4.90 Å². The highest BCUT2D eigenvalue weighted by molar-refractivity contribution is 7.89. The molecule has 0 aromatic heterocycles. The van der Waals surface area contributed by atoms with Gasteiger partial charge in [-0.3, -0.25) is 0 Å². The molecule has 0 amide bonds. The molecule has 0 N–H and O–H groups in total. The van der Waals surface area contributed by atoms with Crippen LogP contribution in [0.2, 0.25) is 0 Å². The maximum Gasteiger partial charge on any atom is 0.243 e. The van der Waals surface area contributed by atoms with Gasteiger partial charge in [0.2, 0.25) is 10.0 Å². The van der Waals surface area contributed by atoms with Crippen LogP contribution in [0, 0.1) is 25.6 Å². The van der Waals surface area contributed by atoms with Crippen molar-refractivity contribution in [1.82, 2.24) is 4.31 Å². The van der Waals surface area contributed by atoms with E-state index in [0.717, 1.165) is 6.42 Å². The highest BCUT2D eigenvalue weighted by Gasteiger charge is 2.33. The van der Waals surface area contributed by atoms with Gasteiger partial charge in [-0.2, -0.15) is 4.31 Å². The third kappa shape index (κ3) is 2.78. The quantitative estimate of drug-likeness (QED) is 0.805. The number of aryl methyl sites for hydroxylation is 2. The third-order valence-electron chi connectivity index (χ3n) is 3.49. The van der Waals surface area contributed by atoms with Crippen molar-refractivity contribution in [2.45, 2.75) is 25.2 Å². The zero-order chi connectivity index (χ0) is 14.2. The van der Waals surface area contributed by atoms with Gasteiger partial charge in [-0.1, -0.05) is 0 Å². The van der Waals surface area contributed by atoms with E-state index in [1.165, 1.54) is 16.4 Å². The van der Waals surface area contributed by atoms with Crippen molar-refractivity contribution in [3.63, 3.8) is 0 Å². The van der Waals surface area contributed by atoms with Crippen molar-refractivity contribution in [3.05, 3.63) is 29.1 Å². The Labute approximate surface area is 118 Å². The topological polar surface area (TPSA) is 37.4 Å². The molecule has 19 heavy (non-hydrogen) atoms. The Hall–Kier alpha value is -0.650. The molecular formula is C13H17ClFNO2S. The first-order valence-corrected chi connectivity index (χ1v) is 8.16. The summed E-state index contributed by atoms with van der Waals surface area (Å²) in [6.45, 7) is 4.17. The molecule has 1 saturated heterocycles. The van der Waals surface area contributed by atoms with Gasteiger partial charge in [0.15, 0.2) is 0 Å². The number of rotatable bonds is 3. The number of halogens is 2. The lowest BCUT2D eigenvalue weighted by molar-refractivity contribution is 0.464. The molecule has 0 bridgehead atoms. The molecule has 0 saturated carbocycles. The van der Waals surface area contributed by atoms with Crippen LogP contribution in [-0.4, -0.2) is 31.7 Å². The van der Waals surface area contributed by atoms with Crippen LogP contribution in [0.25, 0.3) is 0 Å². The average Bonchev–Trinajstić information content (AvgIpc) is 2.75. The lowest BCUT2D eigenvalue weighted by atomic mass is 10.1. The van der Waals surface area contributed by atoms with Gasteiger partial charge >= 0.3 is 0 Å². The van der Waals surface area contributed by atoms with E-state index < -0.39 is 15.8 Å². The summed E-state index contributed by atoms with van der Waals surface area (Å²) in [7, 11) is -3.55. The van der Waals surface area contributed by atoms with Crippen molar-refractivity contribution in [2.75, 3.05) is 19.0 Å². The Balaban J connectivity index is 2.41. The van der Waals surface area contributed by atoms with Gasteiger partial charge in [0.25, 0.3) is 0 Å². The predicted octanol–water partition coefficient (Wildman–Crippen LogP) is 2.69. The normalized spacial score (nSPS) is 20.9. The standard InChI is InChI=1S/C13H17ClFNO2S/c1-9-5-12(15)6-10(2)13(9)19(17,18)16-4-3-11(7-14)8-16/h5-6,11H,3-4,7-8H2,1-2H3. The molecule has 1 heterocycles. The van der Waals surface area contributed by atoms with Crippen LogP contribution in [0.1, 0.15) is 17.5 Å². The fourth-order valence-electron chi connectivity index (χ4n) is 2.57. The maximum absolute atomic E-state index is 13.3. The van der Waals surface area contributed by atoms with Crippen LogP contribution in [0.5, 0.6) is 0 Å². The summed E-state index contributed by atoms with van der Waals surface area (Å²) < 4.78 is 39.9. The lowest BCUT2D eigenvalue weighted by Gasteiger charge is -2.19. The molecule has 106 valence electrons. The number of benzene rings is 1. The minimum absolute atomic E-state index is 0.206. The van der Waals surface area contributed by atoms with Crippen molar-refractivity contribution in [3.8, 4) is 0 Å². The maximum atomic E-state index is 13.3. The second-order valence-electron chi connectivity index (χ2n) is 5.04. The molecule has 1 aliphatic rings. The zero-order valence-electron chi connectivity index (χ0n) is 11.0. The monoisotopic (exact) mass is 305 g/mol. The Bertz CT molecular complexity index is 565. The number of hydrogen-bond donors (Lipinski definition) is 0. The summed E-state index contributed by atoms with van der Waals surface area (Å²) >= 11 is 5.78. The highest BCUT2D eigenvalue weighted by Crippen LogP contribution is 2.29. The number of sulfonamides is 1. The van der Waals surface area contributed by atoms with E-state index in [1.54, 1.807) is 13.8 Å². The van der Waals surface area contributed by atoms with Crippen LogP contribution in [0.4, 0.5) is 4.39 Å². The van der Waals surface area contributed by atoms with Gasteiger partial charge in [0, 0.05) is 19.0 Å². The fraction of sp³-hybridized carbons (Fsp3) is 0.538. The molecule has 2 rings (SSSR count). The number of hydrogen-bond acceptors (Lipinski definition) is 2. The molecule has 6 heteroatoms. The smallest absolute Gasteiger partial charge is 0.207 e. The summed E-state index contributed by atoms with van der Waals surface area (Å²) in [5.74, 6) is 0.263. The van der Waals surface area contributed by atoms with E-state index in [9.17, 15) is 12.8 Å². The summed E-state index contributed by atoms with van der Waals surface area (Å²) in [4.78, 5) is 0.226. The first-order valence-electron chi connectivity index (χ1n) is 6.19. The summed E-state index contributed by atoms with van der Waals surface area (Å²) in [5.41, 5.74) is 0.902. The summed E-state index contributed by atoms with van der Waals surface area (Å²) in [6, 6.07) is 2.52. The van der Waals surface area contributed by atoms with E-state index in [2.05, 4.69) is 0 Å². The van der Waals surface area contributed by atoms with Gasteiger partial charge in [0.1, 0.15) is 5.82 Å². The molecule has 1 atom stereocenters. The van der Waals surface area contributed by atoms with Gasteiger partial charge in [-0.25, -0.2) is 12.8 Å². The van der Waals surface area contributed by atoms with E-state index in [1.807, 2.05) is 0 Å². The minimum atomic E-state index is -3.55. The second kappa shape index (κ2) is 5.38. The third-order valence-corrected chi connectivity index (χ3v) is 6.10.